The number of aromatic amines is 1. The first-order chi connectivity index (χ1) is 11.9. The molecule has 1 amide bonds. The number of nitrogens with one attached hydrogen (secondary N) is 1. The number of rotatable bonds is 4. The van der Waals surface area contributed by atoms with Gasteiger partial charge in [-0.2, -0.15) is 5.10 Å². The lowest BCUT2D eigenvalue weighted by Crippen LogP contribution is -2.51. The molecule has 134 valence electrons. The number of carbonyl (C=O) groups is 1. The Labute approximate surface area is 146 Å². The van der Waals surface area contributed by atoms with Crippen molar-refractivity contribution in [3.63, 3.8) is 0 Å². The predicted molar refractivity (Wildman–Crippen MR) is 92.6 cm³/mol. The Morgan fingerprint density at radius 3 is 3.04 bits per heavy atom. The van der Waals surface area contributed by atoms with Gasteiger partial charge in [-0.25, -0.2) is 4.98 Å². The first-order valence-electron chi connectivity index (χ1n) is 8.13. The number of H-pyrrole nitrogens is 1. The van der Waals surface area contributed by atoms with E-state index >= 15 is 0 Å². The van der Waals surface area contributed by atoms with Crippen molar-refractivity contribution in [1.82, 2.24) is 20.1 Å². The van der Waals surface area contributed by atoms with Crippen molar-refractivity contribution in [3.8, 4) is 11.1 Å². The molecule has 0 aromatic carbocycles. The monoisotopic (exact) mass is 345 g/mol. The molecular weight excluding hydrogens is 322 g/mol. The van der Waals surface area contributed by atoms with E-state index in [1.54, 1.807) is 37.2 Å². The summed E-state index contributed by atoms with van der Waals surface area (Å²) in [5.74, 6) is 0.380. The molecule has 1 aliphatic heterocycles. The number of anilines is 1. The highest BCUT2D eigenvalue weighted by Crippen LogP contribution is 2.31. The van der Waals surface area contributed by atoms with E-state index in [0.717, 1.165) is 16.8 Å². The van der Waals surface area contributed by atoms with E-state index in [1.165, 1.54) is 7.11 Å². The van der Waals surface area contributed by atoms with Crippen molar-refractivity contribution < 1.29 is 14.3 Å². The van der Waals surface area contributed by atoms with E-state index in [1.807, 2.05) is 6.07 Å². The van der Waals surface area contributed by atoms with Gasteiger partial charge in [0.15, 0.2) is 0 Å². The molecule has 0 aliphatic carbocycles. The van der Waals surface area contributed by atoms with Gasteiger partial charge in [0, 0.05) is 25.4 Å². The average molecular weight is 345 g/mol. The van der Waals surface area contributed by atoms with Crippen LogP contribution in [0.3, 0.4) is 0 Å². The molecule has 2 aromatic heterocycles. The first-order valence-corrected chi connectivity index (χ1v) is 8.13. The highest BCUT2D eigenvalue weighted by molar-refractivity contribution is 5.84. The number of nitrogens with two attached hydrogens (primary N) is 1. The number of aromatic nitrogens is 3. The minimum atomic E-state index is -0.863. The van der Waals surface area contributed by atoms with Crippen LogP contribution in [0.2, 0.25) is 0 Å². The quantitative estimate of drug-likeness (QED) is 0.867. The maximum atomic E-state index is 12.7. The van der Waals surface area contributed by atoms with Gasteiger partial charge in [0.2, 0.25) is 0 Å². The van der Waals surface area contributed by atoms with Crippen LogP contribution in [-0.4, -0.2) is 58.4 Å². The van der Waals surface area contributed by atoms with Gasteiger partial charge >= 0.3 is 0 Å². The van der Waals surface area contributed by atoms with Crippen molar-refractivity contribution in [2.75, 3.05) is 32.5 Å². The number of ether oxygens (including phenoxy) is 2. The lowest BCUT2D eigenvalue weighted by atomic mass is 10.0. The smallest absolute Gasteiger partial charge is 0.254 e. The molecule has 3 N–H and O–H groups in total. The fraction of sp³-hybridized carbons (Fsp3) is 0.471. The van der Waals surface area contributed by atoms with Crippen molar-refractivity contribution in [3.05, 3.63) is 30.2 Å². The molecule has 0 spiro atoms. The number of amides is 1. The Hall–Kier alpha value is -2.45. The molecule has 1 atom stereocenters. The second-order valence-electron chi connectivity index (χ2n) is 6.49. The summed E-state index contributed by atoms with van der Waals surface area (Å²) < 4.78 is 11.2. The summed E-state index contributed by atoms with van der Waals surface area (Å²) in [6.45, 7) is 4.95. The molecular formula is C17H23N5O3. The molecule has 3 heterocycles. The summed E-state index contributed by atoms with van der Waals surface area (Å²) in [6, 6.07) is 3.65. The third-order valence-corrected chi connectivity index (χ3v) is 4.46. The SMILES string of the molecule is COC(C)(C)C(=O)N1CCOC(c2[nH]ncc2-c2ccnc(N)c2)C1. The molecule has 0 radical (unpaired) electrons. The van der Waals surface area contributed by atoms with Gasteiger partial charge in [-0.15, -0.1) is 0 Å². The molecule has 2 aromatic rings. The summed E-state index contributed by atoms with van der Waals surface area (Å²) in [4.78, 5) is 18.4. The second-order valence-corrected chi connectivity index (χ2v) is 6.49. The average Bonchev–Trinajstić information content (AvgIpc) is 3.11. The minimum absolute atomic E-state index is 0.0579. The number of hydrogen-bond acceptors (Lipinski definition) is 6. The summed E-state index contributed by atoms with van der Waals surface area (Å²) >= 11 is 0. The zero-order chi connectivity index (χ0) is 18.0. The third kappa shape index (κ3) is 3.49. The van der Waals surface area contributed by atoms with E-state index in [-0.39, 0.29) is 12.0 Å². The van der Waals surface area contributed by atoms with Gasteiger partial charge < -0.3 is 20.1 Å². The fourth-order valence-electron chi connectivity index (χ4n) is 2.86. The number of carbonyl (C=O) groups excluding carboxylic acids is 1. The highest BCUT2D eigenvalue weighted by atomic mass is 16.5. The number of pyridine rings is 1. The van der Waals surface area contributed by atoms with Crippen LogP contribution >= 0.6 is 0 Å². The first kappa shape index (κ1) is 17.4. The number of nitrogens with zero attached hydrogens (tertiary/aromatic N) is 3. The Balaban J connectivity index is 1.84. The van der Waals surface area contributed by atoms with E-state index in [9.17, 15) is 4.79 Å². The van der Waals surface area contributed by atoms with Crippen LogP contribution < -0.4 is 5.73 Å². The molecule has 0 saturated carbocycles. The Morgan fingerprint density at radius 1 is 1.52 bits per heavy atom. The Kier molecular flexibility index (Phi) is 4.73. The molecule has 0 bridgehead atoms. The van der Waals surface area contributed by atoms with Gasteiger partial charge in [0.25, 0.3) is 5.91 Å². The van der Waals surface area contributed by atoms with Crippen LogP contribution in [0, 0.1) is 0 Å². The van der Waals surface area contributed by atoms with Gasteiger partial charge in [-0.3, -0.25) is 9.89 Å². The third-order valence-electron chi connectivity index (χ3n) is 4.46. The van der Waals surface area contributed by atoms with Crippen molar-refractivity contribution in [2.24, 2.45) is 0 Å². The summed E-state index contributed by atoms with van der Waals surface area (Å²) in [5, 5.41) is 7.14. The van der Waals surface area contributed by atoms with E-state index < -0.39 is 5.60 Å². The lowest BCUT2D eigenvalue weighted by Gasteiger charge is -2.37. The molecule has 8 heteroatoms. The minimum Gasteiger partial charge on any atom is -0.384 e. The van der Waals surface area contributed by atoms with Gasteiger partial charge in [-0.05, 0) is 31.5 Å². The van der Waals surface area contributed by atoms with Crippen molar-refractivity contribution in [1.29, 1.82) is 0 Å². The molecule has 1 saturated heterocycles. The normalized spacial score (nSPS) is 18.4. The summed E-state index contributed by atoms with van der Waals surface area (Å²) in [6.07, 6.45) is 3.09. The maximum absolute atomic E-state index is 12.7. The van der Waals surface area contributed by atoms with Gasteiger partial charge in [0.05, 0.1) is 25.0 Å². The van der Waals surface area contributed by atoms with Crippen molar-refractivity contribution >= 4 is 11.7 Å². The number of nitrogen functional groups attached to an aromatic ring is 1. The Bertz CT molecular complexity index is 758. The van der Waals surface area contributed by atoms with E-state index in [4.69, 9.17) is 15.2 Å². The molecule has 8 nitrogen and oxygen atoms in total. The molecule has 25 heavy (non-hydrogen) atoms. The van der Waals surface area contributed by atoms with E-state index in [2.05, 4.69) is 15.2 Å². The van der Waals surface area contributed by atoms with Crippen LogP contribution in [0.25, 0.3) is 11.1 Å². The topological polar surface area (TPSA) is 106 Å². The fourth-order valence-corrected chi connectivity index (χ4v) is 2.86. The summed E-state index contributed by atoms with van der Waals surface area (Å²) in [7, 11) is 1.54. The zero-order valence-corrected chi connectivity index (χ0v) is 14.7. The molecule has 1 fully saturated rings. The van der Waals surface area contributed by atoms with E-state index in [0.29, 0.717) is 25.5 Å². The van der Waals surface area contributed by atoms with Gasteiger partial charge in [-0.1, -0.05) is 0 Å². The van der Waals surface area contributed by atoms with Gasteiger partial charge in [0.1, 0.15) is 17.5 Å². The molecule has 1 aliphatic rings. The number of hydrogen-bond donors (Lipinski definition) is 2. The van der Waals surface area contributed by atoms with Crippen LogP contribution in [0.1, 0.15) is 25.6 Å². The number of methoxy groups -OCH3 is 1. The van der Waals surface area contributed by atoms with Crippen LogP contribution in [0.15, 0.2) is 24.5 Å². The Morgan fingerprint density at radius 2 is 2.32 bits per heavy atom. The second kappa shape index (κ2) is 6.81. The lowest BCUT2D eigenvalue weighted by molar-refractivity contribution is -0.158. The predicted octanol–water partition coefficient (Wildman–Crippen LogP) is 1.38. The molecule has 3 rings (SSSR count). The maximum Gasteiger partial charge on any atom is 0.254 e. The molecule has 1 unspecified atom stereocenters. The van der Waals surface area contributed by atoms with Crippen LogP contribution in [0.4, 0.5) is 5.82 Å². The van der Waals surface area contributed by atoms with Crippen LogP contribution in [-0.2, 0) is 14.3 Å². The highest BCUT2D eigenvalue weighted by Gasteiger charge is 2.36. The zero-order valence-electron chi connectivity index (χ0n) is 14.7. The largest absolute Gasteiger partial charge is 0.384 e. The number of morpholine rings is 1. The standard InChI is InChI=1S/C17H23N5O3/c1-17(2,24-3)16(23)22-6-7-25-13(10-22)15-12(9-20-21-15)11-4-5-19-14(18)8-11/h4-5,8-9,13H,6-7,10H2,1-3H3,(H2,18,19)(H,20,21). The summed E-state index contributed by atoms with van der Waals surface area (Å²) in [5.41, 5.74) is 7.53. The van der Waals surface area contributed by atoms with Crippen LogP contribution in [0.5, 0.6) is 0 Å². The van der Waals surface area contributed by atoms with Crippen molar-refractivity contribution in [2.45, 2.75) is 25.6 Å².